The smallest absolute Gasteiger partial charge is 0.133 e. The van der Waals surface area contributed by atoms with Crippen LogP contribution in [-0.2, 0) is 9.59 Å². The van der Waals surface area contributed by atoms with Gasteiger partial charge < -0.3 is 5.11 Å². The summed E-state index contributed by atoms with van der Waals surface area (Å²) in [5.41, 5.74) is 0.103. The average Bonchev–Trinajstić information content (AvgIpc) is 2.84. The molecule has 3 heteroatoms. The highest BCUT2D eigenvalue weighted by atomic mass is 16.3. The van der Waals surface area contributed by atoms with Gasteiger partial charge in [0.05, 0.1) is 6.10 Å². The second-order valence-corrected chi connectivity index (χ2v) is 9.84. The maximum atomic E-state index is 12.2. The zero-order chi connectivity index (χ0) is 17.3. The summed E-state index contributed by atoms with van der Waals surface area (Å²) in [7, 11) is 0. The second-order valence-electron chi connectivity index (χ2n) is 9.84. The summed E-state index contributed by atoms with van der Waals surface area (Å²) < 4.78 is 0. The molecule has 0 aromatic heterocycles. The molecule has 4 aliphatic carbocycles. The number of aliphatic hydroxyl groups is 1. The molecule has 0 radical (unpaired) electrons. The zero-order valence-corrected chi connectivity index (χ0v) is 15.4. The van der Waals surface area contributed by atoms with Gasteiger partial charge in [0.1, 0.15) is 11.6 Å². The predicted octanol–water partition coefficient (Wildman–Crippen LogP) is 3.77. The monoisotopic (exact) mass is 332 g/mol. The highest BCUT2D eigenvalue weighted by Crippen LogP contribution is 2.67. The van der Waals surface area contributed by atoms with Crippen molar-refractivity contribution >= 4 is 11.6 Å². The number of aliphatic hydroxyl groups excluding tert-OH is 1. The highest BCUT2D eigenvalue weighted by molar-refractivity contribution is 5.80. The van der Waals surface area contributed by atoms with Crippen molar-refractivity contribution in [2.24, 2.45) is 40.4 Å². The van der Waals surface area contributed by atoms with Crippen LogP contribution in [-0.4, -0.2) is 22.8 Å². The third kappa shape index (κ3) is 2.12. The maximum Gasteiger partial charge on any atom is 0.133 e. The number of Topliss-reactive ketones (excluding diaryl/α,β-unsaturated/α-hetero) is 2. The lowest BCUT2D eigenvalue weighted by Crippen LogP contribution is -2.59. The van der Waals surface area contributed by atoms with E-state index in [1.165, 1.54) is 0 Å². The van der Waals surface area contributed by atoms with Gasteiger partial charge in [0.2, 0.25) is 0 Å². The summed E-state index contributed by atoms with van der Waals surface area (Å²) in [5, 5.41) is 11.2. The van der Waals surface area contributed by atoms with Crippen molar-refractivity contribution in [1.29, 1.82) is 0 Å². The zero-order valence-electron chi connectivity index (χ0n) is 15.4. The van der Waals surface area contributed by atoms with Gasteiger partial charge >= 0.3 is 0 Å². The van der Waals surface area contributed by atoms with Gasteiger partial charge in [-0.3, -0.25) is 9.59 Å². The first-order chi connectivity index (χ1) is 11.3. The molecule has 4 aliphatic rings. The van der Waals surface area contributed by atoms with Crippen LogP contribution < -0.4 is 0 Å². The lowest BCUT2D eigenvalue weighted by molar-refractivity contribution is -0.173. The first-order valence-electron chi connectivity index (χ1n) is 9.97. The number of hydrogen-bond donors (Lipinski definition) is 1. The number of carbonyl (C=O) groups is 2. The lowest BCUT2D eigenvalue weighted by Gasteiger charge is -2.61. The van der Waals surface area contributed by atoms with E-state index in [1.807, 2.05) is 0 Å². The standard InChI is InChI=1S/C21H32O3/c1-12(22)16-6-7-17-15-5-4-13-10-14(23)8-9-20(13,2)19(15)18(24)11-21(16,17)3/h13,15-19,24H,4-11H2,1-3H3/t13?,15-,16+,17-,18-,19+,20-,21+/m0/s1. The van der Waals surface area contributed by atoms with Gasteiger partial charge in [0.15, 0.2) is 0 Å². The molecule has 8 atom stereocenters. The molecule has 0 aromatic rings. The molecule has 1 unspecified atom stereocenters. The van der Waals surface area contributed by atoms with Crippen molar-refractivity contribution in [3.05, 3.63) is 0 Å². The van der Waals surface area contributed by atoms with E-state index >= 15 is 0 Å². The van der Waals surface area contributed by atoms with Crippen LogP contribution in [0.15, 0.2) is 0 Å². The SMILES string of the molecule is CC(=O)[C@H]1CC[C@H]2[C@@H]3CCC4CC(=O)CC[C@]4(C)[C@H]3[C@@H](O)C[C@]12C. The molecule has 134 valence electrons. The van der Waals surface area contributed by atoms with Gasteiger partial charge in [-0.2, -0.15) is 0 Å². The summed E-state index contributed by atoms with van der Waals surface area (Å²) in [5.74, 6) is 2.78. The molecule has 0 aliphatic heterocycles. The summed E-state index contributed by atoms with van der Waals surface area (Å²) in [6.45, 7) is 6.36. The molecule has 4 saturated carbocycles. The van der Waals surface area contributed by atoms with E-state index in [9.17, 15) is 14.7 Å². The topological polar surface area (TPSA) is 54.4 Å². The minimum atomic E-state index is -0.308. The minimum absolute atomic E-state index is 0.0138. The molecule has 0 amide bonds. The molecule has 0 aromatic carbocycles. The summed E-state index contributed by atoms with van der Waals surface area (Å²) >= 11 is 0. The van der Waals surface area contributed by atoms with Crippen LogP contribution in [0, 0.1) is 40.4 Å². The average molecular weight is 332 g/mol. The molecule has 0 spiro atoms. The van der Waals surface area contributed by atoms with Crippen molar-refractivity contribution < 1.29 is 14.7 Å². The van der Waals surface area contributed by atoms with Crippen LogP contribution in [0.2, 0.25) is 0 Å². The van der Waals surface area contributed by atoms with Crippen LogP contribution in [0.25, 0.3) is 0 Å². The second kappa shape index (κ2) is 5.40. The molecule has 0 heterocycles. The Hall–Kier alpha value is -0.700. The van der Waals surface area contributed by atoms with E-state index < -0.39 is 0 Å². The van der Waals surface area contributed by atoms with Crippen molar-refractivity contribution in [1.82, 2.24) is 0 Å². The van der Waals surface area contributed by atoms with Gasteiger partial charge in [0.25, 0.3) is 0 Å². The van der Waals surface area contributed by atoms with Crippen LogP contribution in [0.5, 0.6) is 0 Å². The van der Waals surface area contributed by atoms with Crippen LogP contribution >= 0.6 is 0 Å². The van der Waals surface area contributed by atoms with Crippen molar-refractivity contribution in [2.75, 3.05) is 0 Å². The molecular formula is C21H32O3. The predicted molar refractivity (Wildman–Crippen MR) is 92.3 cm³/mol. The van der Waals surface area contributed by atoms with Crippen molar-refractivity contribution in [3.63, 3.8) is 0 Å². The molecule has 1 N–H and O–H groups in total. The fourth-order valence-electron chi connectivity index (χ4n) is 7.84. The lowest BCUT2D eigenvalue weighted by atomic mass is 9.44. The Morgan fingerprint density at radius 3 is 2.58 bits per heavy atom. The molecule has 24 heavy (non-hydrogen) atoms. The Labute approximate surface area is 145 Å². The van der Waals surface area contributed by atoms with E-state index in [-0.39, 0.29) is 22.9 Å². The number of fused-ring (bicyclic) bond motifs is 5. The van der Waals surface area contributed by atoms with Crippen LogP contribution in [0.1, 0.15) is 72.1 Å². The minimum Gasteiger partial charge on any atom is -0.393 e. The van der Waals surface area contributed by atoms with Crippen molar-refractivity contribution in [3.8, 4) is 0 Å². The fourth-order valence-corrected chi connectivity index (χ4v) is 7.84. The first-order valence-corrected chi connectivity index (χ1v) is 9.97. The third-order valence-electron chi connectivity index (χ3n) is 8.90. The molecule has 0 bridgehead atoms. The number of ketones is 2. The van der Waals surface area contributed by atoms with Gasteiger partial charge in [0, 0.05) is 18.8 Å². The highest BCUT2D eigenvalue weighted by Gasteiger charge is 2.63. The van der Waals surface area contributed by atoms with Gasteiger partial charge in [-0.1, -0.05) is 13.8 Å². The normalized spacial score (nSPS) is 53.9. The van der Waals surface area contributed by atoms with Gasteiger partial charge in [-0.15, -0.1) is 0 Å². The van der Waals surface area contributed by atoms with Crippen molar-refractivity contribution in [2.45, 2.75) is 78.2 Å². The van der Waals surface area contributed by atoms with Crippen LogP contribution in [0.3, 0.4) is 0 Å². The Bertz CT molecular complexity index is 569. The van der Waals surface area contributed by atoms with Gasteiger partial charge in [-0.05, 0) is 80.0 Å². The Balaban J connectivity index is 1.68. The Morgan fingerprint density at radius 2 is 1.88 bits per heavy atom. The quantitative estimate of drug-likeness (QED) is 0.795. The maximum absolute atomic E-state index is 12.2. The molecule has 4 fully saturated rings. The number of carbonyl (C=O) groups excluding carboxylic acids is 2. The molecule has 3 nitrogen and oxygen atoms in total. The van der Waals surface area contributed by atoms with E-state index in [2.05, 4.69) is 13.8 Å². The van der Waals surface area contributed by atoms with E-state index in [0.717, 1.165) is 44.9 Å². The van der Waals surface area contributed by atoms with E-state index in [1.54, 1.807) is 6.92 Å². The molecule has 0 saturated heterocycles. The first kappa shape index (κ1) is 16.8. The largest absolute Gasteiger partial charge is 0.393 e. The molecule has 4 rings (SSSR count). The Kier molecular flexibility index (Phi) is 3.77. The molecular weight excluding hydrogens is 300 g/mol. The summed E-state index contributed by atoms with van der Waals surface area (Å²) in [6.07, 6.45) is 7.27. The third-order valence-corrected chi connectivity index (χ3v) is 8.90. The fraction of sp³-hybridized carbons (Fsp3) is 0.905. The summed E-state index contributed by atoms with van der Waals surface area (Å²) in [6, 6.07) is 0. The van der Waals surface area contributed by atoms with Crippen LogP contribution in [0.4, 0.5) is 0 Å². The van der Waals surface area contributed by atoms with E-state index in [0.29, 0.717) is 41.7 Å². The summed E-state index contributed by atoms with van der Waals surface area (Å²) in [4.78, 5) is 24.1. The van der Waals surface area contributed by atoms with Gasteiger partial charge in [-0.25, -0.2) is 0 Å². The number of rotatable bonds is 1. The Morgan fingerprint density at radius 1 is 1.12 bits per heavy atom. The van der Waals surface area contributed by atoms with E-state index in [4.69, 9.17) is 0 Å². The number of hydrogen-bond acceptors (Lipinski definition) is 3.